The highest BCUT2D eigenvalue weighted by Crippen LogP contribution is 2.23. The molecule has 6 heteroatoms. The smallest absolute Gasteiger partial charge is 0.410 e. The number of anilines is 1. The third kappa shape index (κ3) is 4.28. The van der Waals surface area contributed by atoms with Gasteiger partial charge in [-0.15, -0.1) is 0 Å². The summed E-state index contributed by atoms with van der Waals surface area (Å²) in [6.45, 7) is 6.82. The van der Waals surface area contributed by atoms with Crippen LogP contribution in [0.4, 0.5) is 10.5 Å². The summed E-state index contributed by atoms with van der Waals surface area (Å²) in [7, 11) is 0. The maximum atomic E-state index is 12.0. The highest BCUT2D eigenvalue weighted by Gasteiger charge is 2.29. The van der Waals surface area contributed by atoms with Crippen LogP contribution in [0.2, 0.25) is 5.02 Å². The van der Waals surface area contributed by atoms with Crippen molar-refractivity contribution in [3.05, 3.63) is 28.8 Å². The zero-order chi connectivity index (χ0) is 16.3. The molecule has 0 radical (unpaired) electrons. The number of benzene rings is 1. The van der Waals surface area contributed by atoms with Crippen LogP contribution in [0.5, 0.6) is 0 Å². The van der Waals surface area contributed by atoms with Gasteiger partial charge in [0.2, 0.25) is 0 Å². The van der Waals surface area contributed by atoms with Crippen LogP contribution in [0, 0.1) is 11.3 Å². The van der Waals surface area contributed by atoms with Gasteiger partial charge in [0, 0.05) is 24.8 Å². The minimum Gasteiger partial charge on any atom is -0.444 e. The van der Waals surface area contributed by atoms with Crippen molar-refractivity contribution in [3.63, 3.8) is 0 Å². The molecule has 1 amide bonds. The monoisotopic (exact) mass is 321 g/mol. The van der Waals surface area contributed by atoms with E-state index in [1.165, 1.54) is 0 Å². The summed E-state index contributed by atoms with van der Waals surface area (Å²) in [5.41, 5.74) is 0.817. The van der Waals surface area contributed by atoms with Crippen LogP contribution in [-0.4, -0.2) is 35.7 Å². The van der Waals surface area contributed by atoms with Crippen LogP contribution in [0.25, 0.3) is 0 Å². The molecule has 0 saturated carbocycles. The van der Waals surface area contributed by atoms with Crippen molar-refractivity contribution in [1.82, 2.24) is 4.90 Å². The van der Waals surface area contributed by atoms with Crippen LogP contribution in [0.1, 0.15) is 32.8 Å². The van der Waals surface area contributed by atoms with Gasteiger partial charge in [0.25, 0.3) is 0 Å². The molecule has 1 unspecified atom stereocenters. The Bertz CT molecular complexity index is 604. The Balaban J connectivity index is 1.93. The number of nitrogens with zero attached hydrogens (tertiary/aromatic N) is 2. The number of nitrogens with one attached hydrogen (secondary N) is 1. The van der Waals surface area contributed by atoms with Gasteiger partial charge in [-0.2, -0.15) is 5.26 Å². The largest absolute Gasteiger partial charge is 0.444 e. The average Bonchev–Trinajstić information content (AvgIpc) is 2.85. The van der Waals surface area contributed by atoms with E-state index in [9.17, 15) is 4.79 Å². The normalized spacial score (nSPS) is 18.0. The summed E-state index contributed by atoms with van der Waals surface area (Å²) in [5.74, 6) is 0. The van der Waals surface area contributed by atoms with E-state index in [4.69, 9.17) is 21.6 Å². The molecule has 0 bridgehead atoms. The Morgan fingerprint density at radius 2 is 2.23 bits per heavy atom. The molecule has 1 aliphatic rings. The fourth-order valence-electron chi connectivity index (χ4n) is 2.30. The molecule has 0 aliphatic carbocycles. The number of rotatable bonds is 2. The first-order chi connectivity index (χ1) is 10.3. The lowest BCUT2D eigenvalue weighted by molar-refractivity contribution is 0.0293. The highest BCUT2D eigenvalue weighted by atomic mass is 35.5. The van der Waals surface area contributed by atoms with Gasteiger partial charge in [0.1, 0.15) is 11.7 Å². The summed E-state index contributed by atoms with van der Waals surface area (Å²) in [4.78, 5) is 13.7. The molecule has 5 nitrogen and oxygen atoms in total. The average molecular weight is 322 g/mol. The minimum absolute atomic E-state index is 0.150. The van der Waals surface area contributed by atoms with Gasteiger partial charge in [-0.25, -0.2) is 4.79 Å². The number of amides is 1. The zero-order valence-corrected chi connectivity index (χ0v) is 13.8. The molecule has 22 heavy (non-hydrogen) atoms. The van der Waals surface area contributed by atoms with Crippen molar-refractivity contribution in [2.75, 3.05) is 18.4 Å². The Labute approximate surface area is 135 Å². The summed E-state index contributed by atoms with van der Waals surface area (Å²) in [6, 6.07) is 7.42. The minimum atomic E-state index is -0.483. The van der Waals surface area contributed by atoms with E-state index < -0.39 is 5.60 Å². The van der Waals surface area contributed by atoms with E-state index in [0.717, 1.165) is 12.1 Å². The molecule has 1 saturated heterocycles. The highest BCUT2D eigenvalue weighted by molar-refractivity contribution is 6.32. The second-order valence-corrected chi connectivity index (χ2v) is 6.77. The number of nitriles is 1. The number of likely N-dealkylation sites (tertiary alicyclic amines) is 1. The van der Waals surface area contributed by atoms with Crippen molar-refractivity contribution in [2.45, 2.75) is 38.8 Å². The first-order valence-corrected chi connectivity index (χ1v) is 7.60. The molecule has 1 N–H and O–H groups in total. The molecule has 1 aliphatic heterocycles. The van der Waals surface area contributed by atoms with E-state index in [1.807, 2.05) is 32.9 Å². The fraction of sp³-hybridized carbons (Fsp3) is 0.500. The predicted molar refractivity (Wildman–Crippen MR) is 86.0 cm³/mol. The van der Waals surface area contributed by atoms with Crippen molar-refractivity contribution in [3.8, 4) is 6.07 Å². The van der Waals surface area contributed by atoms with Gasteiger partial charge in [-0.05, 0) is 45.4 Å². The maximum absolute atomic E-state index is 12.0. The van der Waals surface area contributed by atoms with Crippen LogP contribution in [-0.2, 0) is 4.74 Å². The molecule has 1 heterocycles. The van der Waals surface area contributed by atoms with Crippen LogP contribution < -0.4 is 5.32 Å². The molecule has 2 rings (SSSR count). The maximum Gasteiger partial charge on any atom is 0.410 e. The van der Waals surface area contributed by atoms with E-state index in [0.29, 0.717) is 23.7 Å². The predicted octanol–water partition coefficient (Wildman–Crippen LogP) is 3.63. The lowest BCUT2D eigenvalue weighted by atomic mass is 10.2. The van der Waals surface area contributed by atoms with Gasteiger partial charge in [-0.3, -0.25) is 0 Å². The first-order valence-electron chi connectivity index (χ1n) is 7.22. The second-order valence-electron chi connectivity index (χ2n) is 6.36. The molecular formula is C16H20ClN3O2. The third-order valence-corrected chi connectivity index (χ3v) is 3.61. The number of hydrogen-bond donors (Lipinski definition) is 1. The summed E-state index contributed by atoms with van der Waals surface area (Å²) >= 11 is 6.02. The molecular weight excluding hydrogens is 302 g/mol. The zero-order valence-electron chi connectivity index (χ0n) is 13.0. The Kier molecular flexibility index (Phi) is 4.82. The van der Waals surface area contributed by atoms with Crippen molar-refractivity contribution in [2.24, 2.45) is 0 Å². The first kappa shape index (κ1) is 16.4. The standard InChI is InChI=1S/C16H20ClN3O2/c1-16(2,3)22-15(21)20-7-6-13(10-20)19-12-5-4-11(9-18)14(17)8-12/h4-5,8,13,19H,6-7,10H2,1-3H3. The number of halogens is 1. The van der Waals surface area contributed by atoms with Gasteiger partial charge in [0.15, 0.2) is 0 Å². The van der Waals surface area contributed by atoms with E-state index in [1.54, 1.807) is 17.0 Å². The quantitative estimate of drug-likeness (QED) is 0.903. The molecule has 1 aromatic rings. The summed E-state index contributed by atoms with van der Waals surface area (Å²) < 4.78 is 5.37. The van der Waals surface area contributed by atoms with E-state index in [2.05, 4.69) is 5.32 Å². The molecule has 1 fully saturated rings. The van der Waals surface area contributed by atoms with Crippen LogP contribution in [0.3, 0.4) is 0 Å². The van der Waals surface area contributed by atoms with E-state index >= 15 is 0 Å². The Hall–Kier alpha value is -1.93. The molecule has 118 valence electrons. The van der Waals surface area contributed by atoms with E-state index in [-0.39, 0.29) is 12.1 Å². The van der Waals surface area contributed by atoms with Crippen molar-refractivity contribution >= 4 is 23.4 Å². The lowest BCUT2D eigenvalue weighted by Crippen LogP contribution is -2.36. The number of carbonyl (C=O) groups excluding carboxylic acids is 1. The Morgan fingerprint density at radius 3 is 2.82 bits per heavy atom. The summed E-state index contributed by atoms with van der Waals surface area (Å²) in [5, 5.41) is 12.6. The topological polar surface area (TPSA) is 65.4 Å². The summed E-state index contributed by atoms with van der Waals surface area (Å²) in [6.07, 6.45) is 0.561. The lowest BCUT2D eigenvalue weighted by Gasteiger charge is -2.24. The van der Waals surface area contributed by atoms with Crippen molar-refractivity contribution < 1.29 is 9.53 Å². The van der Waals surface area contributed by atoms with Gasteiger partial charge >= 0.3 is 6.09 Å². The van der Waals surface area contributed by atoms with Gasteiger partial charge < -0.3 is 15.0 Å². The molecule has 0 aromatic heterocycles. The number of hydrogen-bond acceptors (Lipinski definition) is 4. The number of ether oxygens (including phenoxy) is 1. The second kappa shape index (κ2) is 6.45. The van der Waals surface area contributed by atoms with Gasteiger partial charge in [0.05, 0.1) is 10.6 Å². The molecule has 1 aromatic carbocycles. The van der Waals surface area contributed by atoms with Crippen LogP contribution >= 0.6 is 11.6 Å². The van der Waals surface area contributed by atoms with Gasteiger partial charge in [-0.1, -0.05) is 11.6 Å². The van der Waals surface area contributed by atoms with Crippen LogP contribution in [0.15, 0.2) is 18.2 Å². The molecule has 0 spiro atoms. The fourth-order valence-corrected chi connectivity index (χ4v) is 2.52. The Morgan fingerprint density at radius 1 is 1.50 bits per heavy atom. The third-order valence-electron chi connectivity index (χ3n) is 3.30. The van der Waals surface area contributed by atoms with Crippen molar-refractivity contribution in [1.29, 1.82) is 5.26 Å². The number of carbonyl (C=O) groups is 1. The SMILES string of the molecule is CC(C)(C)OC(=O)N1CCC(Nc2ccc(C#N)c(Cl)c2)C1. The molecule has 1 atom stereocenters.